The minimum Gasteiger partial charge on any atom is -0.493 e. The number of nitrogens with one attached hydrogen (secondary N) is 2. The van der Waals surface area contributed by atoms with E-state index in [1.807, 2.05) is 36.4 Å². The van der Waals surface area contributed by atoms with Crippen molar-refractivity contribution in [1.29, 1.82) is 0 Å². The molecule has 0 atom stereocenters. The quantitative estimate of drug-likeness (QED) is 0.344. The zero-order valence-corrected chi connectivity index (χ0v) is 20.5. The van der Waals surface area contributed by atoms with Crippen LogP contribution in [-0.2, 0) is 6.61 Å². The van der Waals surface area contributed by atoms with Crippen molar-refractivity contribution in [3.63, 3.8) is 0 Å². The number of rotatable bonds is 10. The maximum Gasteiger partial charge on any atom is 0.246 e. The number of aromatic amines is 1. The molecule has 3 aromatic heterocycles. The number of likely N-dealkylation sites (N-methyl/N-ethyl adjacent to an activating group) is 1. The van der Waals surface area contributed by atoms with Gasteiger partial charge in [0.1, 0.15) is 30.7 Å². The van der Waals surface area contributed by atoms with Crippen molar-refractivity contribution in [2.24, 2.45) is 0 Å². The number of fused-ring (bicyclic) bond motifs is 1. The molecule has 1 aliphatic heterocycles. The van der Waals surface area contributed by atoms with Gasteiger partial charge >= 0.3 is 0 Å². The van der Waals surface area contributed by atoms with E-state index in [9.17, 15) is 0 Å². The highest BCUT2D eigenvalue weighted by molar-refractivity contribution is 5.92. The Labute approximate surface area is 209 Å². The molecule has 0 aliphatic carbocycles. The Kier molecular flexibility index (Phi) is 7.39. The lowest BCUT2D eigenvalue weighted by atomic mass is 10.2. The lowest BCUT2D eigenvalue weighted by molar-refractivity contribution is 0.133. The molecule has 0 amide bonds. The molecule has 0 radical (unpaired) electrons. The number of aromatic nitrogens is 5. The largest absolute Gasteiger partial charge is 0.493 e. The van der Waals surface area contributed by atoms with Crippen molar-refractivity contribution < 1.29 is 14.2 Å². The molecule has 0 bridgehead atoms. The summed E-state index contributed by atoms with van der Waals surface area (Å²) in [5.41, 5.74) is 2.22. The third-order valence-corrected chi connectivity index (χ3v) is 6.09. The van der Waals surface area contributed by atoms with E-state index in [1.54, 1.807) is 13.3 Å². The van der Waals surface area contributed by atoms with Crippen LogP contribution in [0, 0.1) is 0 Å². The number of pyridine rings is 1. The third kappa shape index (κ3) is 5.64. The van der Waals surface area contributed by atoms with Crippen LogP contribution in [0.15, 0.2) is 48.9 Å². The Hall–Kier alpha value is -3.96. The Morgan fingerprint density at radius 3 is 2.69 bits per heavy atom. The molecular weight excluding hydrogens is 460 g/mol. The van der Waals surface area contributed by atoms with Crippen LogP contribution >= 0.6 is 0 Å². The molecule has 11 nitrogen and oxygen atoms in total. The van der Waals surface area contributed by atoms with E-state index in [2.05, 4.69) is 47.3 Å². The average Bonchev–Trinajstić information content (AvgIpc) is 3.33. The maximum absolute atomic E-state index is 6.04. The molecule has 1 aromatic carbocycles. The highest BCUT2D eigenvalue weighted by Gasteiger charge is 2.17. The first-order valence-electron chi connectivity index (χ1n) is 11.9. The van der Waals surface area contributed by atoms with Crippen LogP contribution in [-0.4, -0.2) is 88.4 Å². The zero-order chi connectivity index (χ0) is 24.7. The predicted octanol–water partition coefficient (Wildman–Crippen LogP) is 2.71. The van der Waals surface area contributed by atoms with E-state index in [1.165, 1.54) is 6.33 Å². The molecule has 36 heavy (non-hydrogen) atoms. The van der Waals surface area contributed by atoms with Crippen LogP contribution in [0.5, 0.6) is 17.4 Å². The zero-order valence-electron chi connectivity index (χ0n) is 20.5. The highest BCUT2D eigenvalue weighted by atomic mass is 16.5. The van der Waals surface area contributed by atoms with Crippen molar-refractivity contribution in [1.82, 2.24) is 34.9 Å². The standard InChI is InChI=1S/C25H30N8O3/c1-32-9-11-33(12-10-32)13-14-35-25-22-23(27-17-28-24(22)30-31-25)29-18-6-7-20(21(15-18)34-2)36-16-19-5-3-4-8-26-19/h3-8,15,17H,9-14,16H2,1-2H3,(H2,27,28,29,30,31). The van der Waals surface area contributed by atoms with Gasteiger partial charge in [0.15, 0.2) is 17.1 Å². The van der Waals surface area contributed by atoms with Crippen LogP contribution in [0.1, 0.15) is 5.69 Å². The predicted molar refractivity (Wildman–Crippen MR) is 136 cm³/mol. The fourth-order valence-electron chi connectivity index (χ4n) is 4.01. The highest BCUT2D eigenvalue weighted by Crippen LogP contribution is 2.34. The average molecular weight is 491 g/mol. The molecule has 0 unspecified atom stereocenters. The van der Waals surface area contributed by atoms with Gasteiger partial charge in [-0.3, -0.25) is 15.0 Å². The summed E-state index contributed by atoms with van der Waals surface area (Å²) in [4.78, 5) is 17.8. The molecule has 0 spiro atoms. The molecule has 11 heteroatoms. The second-order valence-electron chi connectivity index (χ2n) is 8.57. The maximum atomic E-state index is 6.04. The topological polar surface area (TPSA) is 114 Å². The van der Waals surface area contributed by atoms with Gasteiger partial charge in [0.05, 0.1) is 12.8 Å². The first kappa shape index (κ1) is 23.8. The number of ether oxygens (including phenoxy) is 3. The van der Waals surface area contributed by atoms with Crippen molar-refractivity contribution in [2.75, 3.05) is 58.8 Å². The number of hydrogen-bond acceptors (Lipinski definition) is 10. The van der Waals surface area contributed by atoms with Crippen molar-refractivity contribution in [3.8, 4) is 17.4 Å². The second kappa shape index (κ2) is 11.2. The number of H-pyrrole nitrogens is 1. The van der Waals surface area contributed by atoms with Gasteiger partial charge in [0.2, 0.25) is 5.88 Å². The smallest absolute Gasteiger partial charge is 0.246 e. The summed E-state index contributed by atoms with van der Waals surface area (Å²) in [5, 5.41) is 11.3. The summed E-state index contributed by atoms with van der Waals surface area (Å²) in [5.74, 6) is 2.28. The second-order valence-corrected chi connectivity index (χ2v) is 8.57. The normalized spacial score (nSPS) is 14.6. The van der Waals surface area contributed by atoms with E-state index in [-0.39, 0.29) is 0 Å². The van der Waals surface area contributed by atoms with E-state index < -0.39 is 0 Å². The monoisotopic (exact) mass is 490 g/mol. The third-order valence-electron chi connectivity index (χ3n) is 6.09. The van der Waals surface area contributed by atoms with Crippen LogP contribution in [0.2, 0.25) is 0 Å². The number of nitrogens with zero attached hydrogens (tertiary/aromatic N) is 6. The molecule has 1 fully saturated rings. The fraction of sp³-hybridized carbons (Fsp3) is 0.360. The first-order chi connectivity index (χ1) is 17.7. The van der Waals surface area contributed by atoms with Crippen molar-refractivity contribution >= 4 is 22.5 Å². The molecule has 4 heterocycles. The van der Waals surface area contributed by atoms with E-state index in [0.717, 1.165) is 44.1 Å². The molecule has 188 valence electrons. The van der Waals surface area contributed by atoms with Gasteiger partial charge in [-0.15, -0.1) is 5.10 Å². The van der Waals surface area contributed by atoms with Crippen LogP contribution in [0.25, 0.3) is 11.0 Å². The van der Waals surface area contributed by atoms with Crippen molar-refractivity contribution in [3.05, 3.63) is 54.6 Å². The summed E-state index contributed by atoms with van der Waals surface area (Å²) >= 11 is 0. The van der Waals surface area contributed by atoms with Gasteiger partial charge in [-0.05, 0) is 31.3 Å². The Morgan fingerprint density at radius 2 is 1.89 bits per heavy atom. The number of hydrogen-bond donors (Lipinski definition) is 2. The Morgan fingerprint density at radius 1 is 1.00 bits per heavy atom. The molecule has 4 aromatic rings. The van der Waals surface area contributed by atoms with Gasteiger partial charge in [0, 0.05) is 50.7 Å². The molecule has 0 saturated carbocycles. The summed E-state index contributed by atoms with van der Waals surface area (Å²) < 4.78 is 17.5. The van der Waals surface area contributed by atoms with Crippen molar-refractivity contribution in [2.45, 2.75) is 6.61 Å². The van der Waals surface area contributed by atoms with E-state index in [0.29, 0.717) is 47.4 Å². The SMILES string of the molecule is COc1cc(Nc2ncnc3[nH]nc(OCCN4CCN(C)CC4)c23)ccc1OCc1ccccn1. The van der Waals surface area contributed by atoms with E-state index >= 15 is 0 Å². The summed E-state index contributed by atoms with van der Waals surface area (Å²) in [6.45, 7) is 5.96. The van der Waals surface area contributed by atoms with Crippen LogP contribution in [0.3, 0.4) is 0 Å². The molecule has 1 saturated heterocycles. The summed E-state index contributed by atoms with van der Waals surface area (Å²) in [7, 11) is 3.76. The Balaban J connectivity index is 1.27. The van der Waals surface area contributed by atoms with E-state index in [4.69, 9.17) is 14.2 Å². The van der Waals surface area contributed by atoms with Gasteiger partial charge in [-0.2, -0.15) is 0 Å². The van der Waals surface area contributed by atoms with Gasteiger partial charge in [-0.25, -0.2) is 9.97 Å². The fourth-order valence-corrected chi connectivity index (χ4v) is 4.01. The number of methoxy groups -OCH3 is 1. The summed E-state index contributed by atoms with van der Waals surface area (Å²) in [6, 6.07) is 11.3. The lowest BCUT2D eigenvalue weighted by Crippen LogP contribution is -2.45. The molecule has 2 N–H and O–H groups in total. The van der Waals surface area contributed by atoms with Crippen LogP contribution in [0.4, 0.5) is 11.5 Å². The molecule has 1 aliphatic rings. The van der Waals surface area contributed by atoms with Gasteiger partial charge in [-0.1, -0.05) is 6.07 Å². The van der Waals surface area contributed by atoms with Gasteiger partial charge < -0.3 is 24.4 Å². The minimum atomic E-state index is 0.348. The molecule has 5 rings (SSSR count). The number of benzene rings is 1. The minimum absolute atomic E-state index is 0.348. The Bertz CT molecular complexity index is 1280. The number of anilines is 2. The number of piperazine rings is 1. The lowest BCUT2D eigenvalue weighted by Gasteiger charge is -2.32. The van der Waals surface area contributed by atoms with Crippen LogP contribution < -0.4 is 19.5 Å². The molecular formula is C25H30N8O3. The first-order valence-corrected chi connectivity index (χ1v) is 11.9. The van der Waals surface area contributed by atoms with Gasteiger partial charge in [0.25, 0.3) is 0 Å². The summed E-state index contributed by atoms with van der Waals surface area (Å²) in [6.07, 6.45) is 3.23.